The Kier molecular flexibility index (Phi) is 6.46. The minimum Gasteiger partial charge on any atom is -0.478 e. The van der Waals surface area contributed by atoms with Gasteiger partial charge in [0.25, 0.3) is 0 Å². The number of esters is 1. The van der Waals surface area contributed by atoms with Gasteiger partial charge in [-0.05, 0) is 38.0 Å². The van der Waals surface area contributed by atoms with Crippen molar-refractivity contribution in [3.63, 3.8) is 0 Å². The van der Waals surface area contributed by atoms with Gasteiger partial charge in [0.15, 0.2) is 0 Å². The van der Waals surface area contributed by atoms with E-state index in [-0.39, 0.29) is 29.0 Å². The van der Waals surface area contributed by atoms with Gasteiger partial charge in [-0.15, -0.1) is 0 Å². The van der Waals surface area contributed by atoms with Crippen LogP contribution in [0, 0.1) is 11.3 Å². The molecule has 27 heavy (non-hydrogen) atoms. The van der Waals surface area contributed by atoms with Gasteiger partial charge in [-0.1, -0.05) is 20.8 Å². The maximum Gasteiger partial charge on any atom is 0.337 e. The van der Waals surface area contributed by atoms with E-state index >= 15 is 0 Å². The molecule has 1 aliphatic heterocycles. The summed E-state index contributed by atoms with van der Waals surface area (Å²) >= 11 is 0. The summed E-state index contributed by atoms with van der Waals surface area (Å²) in [4.78, 5) is 37.8. The van der Waals surface area contributed by atoms with Gasteiger partial charge in [-0.2, -0.15) is 0 Å². The van der Waals surface area contributed by atoms with E-state index < -0.39 is 11.4 Å². The van der Waals surface area contributed by atoms with Crippen LogP contribution in [0.25, 0.3) is 0 Å². The minimum atomic E-state index is -1.09. The Bertz CT molecular complexity index is 716. The predicted octanol–water partition coefficient (Wildman–Crippen LogP) is 3.15. The summed E-state index contributed by atoms with van der Waals surface area (Å²) in [6, 6.07) is 5.00. The predicted molar refractivity (Wildman–Crippen MR) is 103 cm³/mol. The molecule has 0 aromatic heterocycles. The third-order valence-corrected chi connectivity index (χ3v) is 4.64. The Hall–Kier alpha value is -2.57. The highest BCUT2D eigenvalue weighted by Crippen LogP contribution is 2.29. The van der Waals surface area contributed by atoms with E-state index in [1.54, 1.807) is 45.9 Å². The second-order valence-electron chi connectivity index (χ2n) is 7.75. The fourth-order valence-electron chi connectivity index (χ4n) is 2.96. The van der Waals surface area contributed by atoms with Crippen LogP contribution in [0.5, 0.6) is 0 Å². The number of rotatable bonds is 5. The number of aromatic carboxylic acids is 1. The average molecular weight is 376 g/mol. The number of hydrogen-bond acceptors (Lipinski definition) is 5. The third kappa shape index (κ3) is 5.21. The van der Waals surface area contributed by atoms with Crippen molar-refractivity contribution >= 4 is 29.2 Å². The zero-order chi connectivity index (χ0) is 20.2. The first kappa shape index (κ1) is 20.7. The second-order valence-corrected chi connectivity index (χ2v) is 7.75. The number of piperidine rings is 1. The first-order chi connectivity index (χ1) is 12.6. The molecule has 2 rings (SSSR count). The first-order valence-corrected chi connectivity index (χ1v) is 9.24. The molecule has 0 bridgehead atoms. The van der Waals surface area contributed by atoms with E-state index in [2.05, 4.69) is 10.2 Å². The SMILES string of the molecule is CCOC(=O)C1CCN(c2ccc(NC(=O)C(C)(C)C)c(C(=O)O)c2)CC1. The van der Waals surface area contributed by atoms with E-state index in [1.165, 1.54) is 0 Å². The number of amides is 1. The van der Waals surface area contributed by atoms with Crippen molar-refractivity contribution in [2.45, 2.75) is 40.5 Å². The summed E-state index contributed by atoms with van der Waals surface area (Å²) in [6.45, 7) is 8.77. The lowest BCUT2D eigenvalue weighted by Crippen LogP contribution is -2.37. The van der Waals surface area contributed by atoms with Crippen LogP contribution in [0.15, 0.2) is 18.2 Å². The molecule has 1 aromatic rings. The topological polar surface area (TPSA) is 95.9 Å². The fourth-order valence-corrected chi connectivity index (χ4v) is 2.96. The molecule has 1 aliphatic rings. The van der Waals surface area contributed by atoms with Crippen molar-refractivity contribution in [1.29, 1.82) is 0 Å². The van der Waals surface area contributed by atoms with Crippen LogP contribution in [0.4, 0.5) is 11.4 Å². The Balaban J connectivity index is 2.13. The van der Waals surface area contributed by atoms with Crippen molar-refractivity contribution in [3.8, 4) is 0 Å². The molecule has 0 unspecified atom stereocenters. The number of benzene rings is 1. The molecule has 0 aliphatic carbocycles. The number of carboxylic acids is 1. The third-order valence-electron chi connectivity index (χ3n) is 4.64. The number of nitrogens with one attached hydrogen (secondary N) is 1. The molecule has 0 radical (unpaired) electrons. The number of carbonyl (C=O) groups is 3. The van der Waals surface area contributed by atoms with Gasteiger partial charge in [0, 0.05) is 24.2 Å². The van der Waals surface area contributed by atoms with Crippen molar-refractivity contribution in [2.24, 2.45) is 11.3 Å². The molecular formula is C20H28N2O5. The van der Waals surface area contributed by atoms with Gasteiger partial charge in [0.05, 0.1) is 23.8 Å². The molecular weight excluding hydrogens is 348 g/mol. The molecule has 0 atom stereocenters. The maximum absolute atomic E-state index is 12.2. The lowest BCUT2D eigenvalue weighted by Gasteiger charge is -2.33. The molecule has 1 amide bonds. The number of ether oxygens (including phenoxy) is 1. The Morgan fingerprint density at radius 1 is 1.22 bits per heavy atom. The average Bonchev–Trinajstić information content (AvgIpc) is 2.61. The highest BCUT2D eigenvalue weighted by Gasteiger charge is 2.27. The molecule has 0 spiro atoms. The number of carbonyl (C=O) groups excluding carboxylic acids is 2. The molecule has 1 aromatic carbocycles. The molecule has 148 valence electrons. The van der Waals surface area contributed by atoms with E-state index in [0.717, 1.165) is 5.69 Å². The van der Waals surface area contributed by atoms with Crippen LogP contribution >= 0.6 is 0 Å². The normalized spacial score (nSPS) is 15.3. The zero-order valence-corrected chi connectivity index (χ0v) is 16.4. The first-order valence-electron chi connectivity index (χ1n) is 9.24. The van der Waals surface area contributed by atoms with E-state index in [9.17, 15) is 19.5 Å². The molecule has 1 heterocycles. The van der Waals surface area contributed by atoms with Crippen LogP contribution < -0.4 is 10.2 Å². The lowest BCUT2D eigenvalue weighted by atomic mass is 9.95. The summed E-state index contributed by atoms with van der Waals surface area (Å²) in [6.07, 6.45) is 1.34. The highest BCUT2D eigenvalue weighted by molar-refractivity contribution is 6.02. The molecule has 1 fully saturated rings. The van der Waals surface area contributed by atoms with Crippen molar-refractivity contribution in [2.75, 3.05) is 29.9 Å². The van der Waals surface area contributed by atoms with Gasteiger partial charge in [0.2, 0.25) is 5.91 Å². The van der Waals surface area contributed by atoms with Gasteiger partial charge in [-0.25, -0.2) is 4.79 Å². The van der Waals surface area contributed by atoms with Crippen LogP contribution in [-0.4, -0.2) is 42.6 Å². The van der Waals surface area contributed by atoms with Gasteiger partial charge >= 0.3 is 11.9 Å². The number of carboxylic acid groups (broad SMARTS) is 1. The summed E-state index contributed by atoms with van der Waals surface area (Å²) in [7, 11) is 0. The van der Waals surface area contributed by atoms with E-state index in [0.29, 0.717) is 32.5 Å². The van der Waals surface area contributed by atoms with Crippen LogP contribution in [0.1, 0.15) is 50.9 Å². The van der Waals surface area contributed by atoms with Crippen molar-refractivity contribution in [1.82, 2.24) is 0 Å². The van der Waals surface area contributed by atoms with Crippen LogP contribution in [-0.2, 0) is 14.3 Å². The Morgan fingerprint density at radius 2 is 1.85 bits per heavy atom. The van der Waals surface area contributed by atoms with Crippen molar-refractivity contribution in [3.05, 3.63) is 23.8 Å². The standard InChI is InChI=1S/C20H28N2O5/c1-5-27-18(25)13-8-10-22(11-9-13)14-6-7-16(15(12-14)17(23)24)21-19(26)20(2,3)4/h6-7,12-13H,5,8-11H2,1-4H3,(H,21,26)(H,23,24). The molecule has 0 saturated carbocycles. The monoisotopic (exact) mass is 376 g/mol. The summed E-state index contributed by atoms with van der Waals surface area (Å²) in [5.41, 5.74) is 0.484. The van der Waals surface area contributed by atoms with Crippen LogP contribution in [0.2, 0.25) is 0 Å². The quantitative estimate of drug-likeness (QED) is 0.767. The highest BCUT2D eigenvalue weighted by atomic mass is 16.5. The largest absolute Gasteiger partial charge is 0.478 e. The number of nitrogens with zero attached hydrogens (tertiary/aromatic N) is 1. The van der Waals surface area contributed by atoms with E-state index in [4.69, 9.17) is 4.74 Å². The van der Waals surface area contributed by atoms with Gasteiger partial charge in [0.1, 0.15) is 0 Å². The number of anilines is 2. The second kappa shape index (κ2) is 8.41. The van der Waals surface area contributed by atoms with E-state index in [1.807, 2.05) is 0 Å². The smallest absolute Gasteiger partial charge is 0.337 e. The number of hydrogen-bond donors (Lipinski definition) is 2. The Morgan fingerprint density at radius 3 is 2.37 bits per heavy atom. The van der Waals surface area contributed by atoms with Crippen LogP contribution in [0.3, 0.4) is 0 Å². The lowest BCUT2D eigenvalue weighted by molar-refractivity contribution is -0.148. The molecule has 7 heteroatoms. The van der Waals surface area contributed by atoms with Gasteiger partial charge in [-0.3, -0.25) is 9.59 Å². The van der Waals surface area contributed by atoms with Crippen molar-refractivity contribution < 1.29 is 24.2 Å². The summed E-state index contributed by atoms with van der Waals surface area (Å²) in [5.74, 6) is -1.61. The van der Waals surface area contributed by atoms with Gasteiger partial charge < -0.3 is 20.1 Å². The molecule has 1 saturated heterocycles. The summed E-state index contributed by atoms with van der Waals surface area (Å²) in [5, 5.41) is 12.2. The summed E-state index contributed by atoms with van der Waals surface area (Å²) < 4.78 is 5.08. The Labute approximate surface area is 159 Å². The molecule has 7 nitrogen and oxygen atoms in total. The molecule has 2 N–H and O–H groups in total. The zero-order valence-electron chi connectivity index (χ0n) is 16.4. The fraction of sp³-hybridized carbons (Fsp3) is 0.550. The maximum atomic E-state index is 12.2. The minimum absolute atomic E-state index is 0.0533.